The van der Waals surface area contributed by atoms with Crippen LogP contribution in [-0.2, 0) is 0 Å². The lowest BCUT2D eigenvalue weighted by atomic mass is 10.1. The summed E-state index contributed by atoms with van der Waals surface area (Å²) in [5.74, 6) is 0.513. The minimum absolute atomic E-state index is 0.513. The van der Waals surface area contributed by atoms with E-state index in [4.69, 9.17) is 34.8 Å². The molecule has 0 saturated carbocycles. The number of hydrogen-bond donors (Lipinski definition) is 0. The highest BCUT2D eigenvalue weighted by atomic mass is 35.5. The fourth-order valence-electron chi connectivity index (χ4n) is 0.923. The standard InChI is InChI=1S/C10H9Cl3/c1-7(6-11)4-8-2-3-9(12)5-10(8)13/h2-5H,6H2,1H3. The first kappa shape index (κ1) is 10.9. The molecule has 0 aliphatic rings. The molecule has 0 N–H and O–H groups in total. The van der Waals surface area contributed by atoms with Crippen molar-refractivity contribution in [1.82, 2.24) is 0 Å². The third-order valence-corrected chi connectivity index (χ3v) is 2.56. The van der Waals surface area contributed by atoms with Gasteiger partial charge in [0.1, 0.15) is 0 Å². The third kappa shape index (κ3) is 3.22. The van der Waals surface area contributed by atoms with Crippen molar-refractivity contribution < 1.29 is 0 Å². The summed E-state index contributed by atoms with van der Waals surface area (Å²) in [4.78, 5) is 0. The average molecular weight is 236 g/mol. The Bertz CT molecular complexity index is 329. The van der Waals surface area contributed by atoms with Gasteiger partial charge in [-0.05, 0) is 24.6 Å². The summed E-state index contributed by atoms with van der Waals surface area (Å²) >= 11 is 17.4. The van der Waals surface area contributed by atoms with Gasteiger partial charge in [0.25, 0.3) is 0 Å². The molecule has 0 nitrogen and oxygen atoms in total. The van der Waals surface area contributed by atoms with Crippen molar-refractivity contribution in [2.45, 2.75) is 6.92 Å². The summed E-state index contributed by atoms with van der Waals surface area (Å²) in [5.41, 5.74) is 2.02. The molecular formula is C10H9Cl3. The van der Waals surface area contributed by atoms with Gasteiger partial charge in [-0.1, -0.05) is 40.9 Å². The average Bonchev–Trinajstić information content (AvgIpc) is 2.09. The first-order valence-electron chi connectivity index (χ1n) is 3.81. The van der Waals surface area contributed by atoms with E-state index in [0.717, 1.165) is 11.1 Å². The summed E-state index contributed by atoms with van der Waals surface area (Å²) in [7, 11) is 0. The van der Waals surface area contributed by atoms with E-state index in [1.807, 2.05) is 19.1 Å². The first-order valence-corrected chi connectivity index (χ1v) is 5.10. The van der Waals surface area contributed by atoms with Crippen LogP contribution in [0.25, 0.3) is 6.08 Å². The van der Waals surface area contributed by atoms with Crippen LogP contribution < -0.4 is 0 Å². The molecule has 0 aliphatic heterocycles. The maximum atomic E-state index is 5.96. The monoisotopic (exact) mass is 234 g/mol. The molecule has 0 spiro atoms. The molecule has 1 rings (SSSR count). The molecule has 0 bridgehead atoms. The van der Waals surface area contributed by atoms with Gasteiger partial charge >= 0.3 is 0 Å². The van der Waals surface area contributed by atoms with E-state index < -0.39 is 0 Å². The zero-order chi connectivity index (χ0) is 9.84. The number of allylic oxidation sites excluding steroid dienone is 1. The van der Waals surface area contributed by atoms with E-state index in [9.17, 15) is 0 Å². The van der Waals surface area contributed by atoms with E-state index in [1.54, 1.807) is 12.1 Å². The van der Waals surface area contributed by atoms with Gasteiger partial charge in [0.15, 0.2) is 0 Å². The van der Waals surface area contributed by atoms with Crippen LogP contribution in [0.2, 0.25) is 10.0 Å². The van der Waals surface area contributed by atoms with Crippen LogP contribution in [-0.4, -0.2) is 5.88 Å². The van der Waals surface area contributed by atoms with Gasteiger partial charge in [-0.2, -0.15) is 0 Å². The Hall–Kier alpha value is -0.170. The van der Waals surface area contributed by atoms with Gasteiger partial charge in [-0.25, -0.2) is 0 Å². The van der Waals surface area contributed by atoms with Crippen LogP contribution in [0.4, 0.5) is 0 Å². The zero-order valence-corrected chi connectivity index (χ0v) is 9.42. The summed E-state index contributed by atoms with van der Waals surface area (Å²) in [6.07, 6.45) is 1.95. The van der Waals surface area contributed by atoms with Gasteiger partial charge in [-0.3, -0.25) is 0 Å². The van der Waals surface area contributed by atoms with Crippen molar-refractivity contribution in [2.24, 2.45) is 0 Å². The molecule has 3 heteroatoms. The van der Waals surface area contributed by atoms with Gasteiger partial charge in [0, 0.05) is 15.9 Å². The van der Waals surface area contributed by atoms with Crippen molar-refractivity contribution in [3.05, 3.63) is 39.4 Å². The predicted octanol–water partition coefficient (Wildman–Crippen LogP) is 4.64. The molecule has 0 aromatic heterocycles. The quantitative estimate of drug-likeness (QED) is 0.655. The Balaban J connectivity index is 3.03. The second kappa shape index (κ2) is 4.90. The minimum atomic E-state index is 0.513. The zero-order valence-electron chi connectivity index (χ0n) is 7.15. The smallest absolute Gasteiger partial charge is 0.0493 e. The highest BCUT2D eigenvalue weighted by Gasteiger charge is 1.98. The number of hydrogen-bond acceptors (Lipinski definition) is 0. The molecule has 0 saturated heterocycles. The number of benzene rings is 1. The highest BCUT2D eigenvalue weighted by Crippen LogP contribution is 2.23. The second-order valence-corrected chi connectivity index (χ2v) is 3.90. The Kier molecular flexibility index (Phi) is 4.11. The summed E-state index contributed by atoms with van der Waals surface area (Å²) in [6.45, 7) is 1.96. The van der Waals surface area contributed by atoms with Crippen molar-refractivity contribution in [1.29, 1.82) is 0 Å². The Morgan fingerprint density at radius 3 is 2.62 bits per heavy atom. The number of alkyl halides is 1. The molecule has 0 radical (unpaired) electrons. The van der Waals surface area contributed by atoms with Gasteiger partial charge in [0.05, 0.1) is 0 Å². The lowest BCUT2D eigenvalue weighted by Crippen LogP contribution is -1.80. The summed E-state index contributed by atoms with van der Waals surface area (Å²) in [5, 5.41) is 1.29. The van der Waals surface area contributed by atoms with Gasteiger partial charge < -0.3 is 0 Å². The van der Waals surface area contributed by atoms with Crippen molar-refractivity contribution in [3.8, 4) is 0 Å². The number of rotatable bonds is 2. The van der Waals surface area contributed by atoms with E-state index in [1.165, 1.54) is 0 Å². The van der Waals surface area contributed by atoms with E-state index >= 15 is 0 Å². The third-order valence-electron chi connectivity index (χ3n) is 1.58. The lowest BCUT2D eigenvalue weighted by molar-refractivity contribution is 1.43. The Morgan fingerprint density at radius 1 is 1.38 bits per heavy atom. The van der Waals surface area contributed by atoms with Crippen molar-refractivity contribution in [2.75, 3.05) is 5.88 Å². The van der Waals surface area contributed by atoms with E-state index in [2.05, 4.69) is 0 Å². The van der Waals surface area contributed by atoms with Crippen LogP contribution in [0.3, 0.4) is 0 Å². The fourth-order valence-corrected chi connectivity index (χ4v) is 1.46. The highest BCUT2D eigenvalue weighted by molar-refractivity contribution is 6.35. The van der Waals surface area contributed by atoms with E-state index in [0.29, 0.717) is 15.9 Å². The van der Waals surface area contributed by atoms with Crippen molar-refractivity contribution >= 4 is 40.9 Å². The molecule has 0 atom stereocenters. The maximum absolute atomic E-state index is 5.96. The molecule has 0 unspecified atom stereocenters. The van der Waals surface area contributed by atoms with Crippen LogP contribution in [0.15, 0.2) is 23.8 Å². The van der Waals surface area contributed by atoms with Crippen molar-refractivity contribution in [3.63, 3.8) is 0 Å². The molecule has 0 heterocycles. The summed E-state index contributed by atoms with van der Waals surface area (Å²) < 4.78 is 0. The van der Waals surface area contributed by atoms with Gasteiger partial charge in [0.2, 0.25) is 0 Å². The topological polar surface area (TPSA) is 0 Å². The molecule has 70 valence electrons. The normalized spacial score (nSPS) is 11.8. The first-order chi connectivity index (χ1) is 6.13. The number of halogens is 3. The molecule has 1 aromatic carbocycles. The molecule has 0 fully saturated rings. The van der Waals surface area contributed by atoms with Crippen LogP contribution in [0.5, 0.6) is 0 Å². The fraction of sp³-hybridized carbons (Fsp3) is 0.200. The molecule has 13 heavy (non-hydrogen) atoms. The predicted molar refractivity (Wildman–Crippen MR) is 60.8 cm³/mol. The van der Waals surface area contributed by atoms with Crippen LogP contribution in [0, 0.1) is 0 Å². The van der Waals surface area contributed by atoms with Gasteiger partial charge in [-0.15, -0.1) is 11.6 Å². The summed E-state index contributed by atoms with van der Waals surface area (Å²) in [6, 6.07) is 5.40. The molecule has 1 aromatic rings. The minimum Gasteiger partial charge on any atom is -0.122 e. The van der Waals surface area contributed by atoms with Crippen LogP contribution >= 0.6 is 34.8 Å². The molecule has 0 amide bonds. The van der Waals surface area contributed by atoms with E-state index in [-0.39, 0.29) is 0 Å². The Labute approximate surface area is 93.1 Å². The maximum Gasteiger partial charge on any atom is 0.0493 e. The molecular weight excluding hydrogens is 226 g/mol. The lowest BCUT2D eigenvalue weighted by Gasteiger charge is -2.00. The SMILES string of the molecule is CC(=Cc1ccc(Cl)cc1Cl)CCl. The largest absolute Gasteiger partial charge is 0.122 e. The molecule has 0 aliphatic carbocycles. The second-order valence-electron chi connectivity index (χ2n) is 2.79. The Morgan fingerprint density at radius 2 is 2.08 bits per heavy atom. The van der Waals surface area contributed by atoms with Crippen LogP contribution in [0.1, 0.15) is 12.5 Å².